The van der Waals surface area contributed by atoms with Gasteiger partial charge in [0.2, 0.25) is 0 Å². The van der Waals surface area contributed by atoms with Crippen LogP contribution in [0.3, 0.4) is 0 Å². The van der Waals surface area contributed by atoms with Crippen molar-refractivity contribution in [3.05, 3.63) is 50.0 Å². The molecule has 18 heavy (non-hydrogen) atoms. The highest BCUT2D eigenvalue weighted by Gasteiger charge is 2.18. The summed E-state index contributed by atoms with van der Waals surface area (Å²) in [6.07, 6.45) is 1.86. The number of halogens is 1. The molecule has 1 N–H and O–H groups in total. The molecule has 0 atom stereocenters. The maximum absolute atomic E-state index is 11.8. The molecule has 0 aliphatic carbocycles. The van der Waals surface area contributed by atoms with Crippen LogP contribution in [0, 0.1) is 10.1 Å². The zero-order valence-corrected chi connectivity index (χ0v) is 11.7. The molecule has 5 nitrogen and oxygen atoms in total. The second-order valence-corrected chi connectivity index (χ2v) is 4.68. The van der Waals surface area contributed by atoms with Gasteiger partial charge in [-0.2, -0.15) is 0 Å². The van der Waals surface area contributed by atoms with Crippen LogP contribution in [0.5, 0.6) is 0 Å². The van der Waals surface area contributed by atoms with Crippen LogP contribution in [-0.2, 0) is 0 Å². The first-order chi connectivity index (χ1) is 8.43. The number of benzene rings is 1. The summed E-state index contributed by atoms with van der Waals surface area (Å²) in [4.78, 5) is 22.0. The van der Waals surface area contributed by atoms with Crippen molar-refractivity contribution in [2.24, 2.45) is 0 Å². The number of rotatable bonds is 4. The lowest BCUT2D eigenvalue weighted by Crippen LogP contribution is -2.24. The molecule has 1 aromatic carbocycles. The summed E-state index contributed by atoms with van der Waals surface area (Å²) in [6, 6.07) is 4.37. The van der Waals surface area contributed by atoms with Crippen LogP contribution in [0.2, 0.25) is 0 Å². The Morgan fingerprint density at radius 3 is 2.72 bits per heavy atom. The minimum absolute atomic E-state index is 0.120. The van der Waals surface area contributed by atoms with Crippen LogP contribution in [0.1, 0.15) is 24.2 Å². The number of nitrogens with zero attached hydrogens (tertiary/aromatic N) is 1. The number of amides is 1. The van der Waals surface area contributed by atoms with Crippen LogP contribution in [-0.4, -0.2) is 17.4 Å². The van der Waals surface area contributed by atoms with E-state index in [1.807, 2.05) is 19.9 Å². The highest BCUT2D eigenvalue weighted by Crippen LogP contribution is 2.28. The predicted molar refractivity (Wildman–Crippen MR) is 72.6 cm³/mol. The minimum atomic E-state index is -0.531. The molecule has 0 heterocycles. The molecule has 0 aliphatic heterocycles. The van der Waals surface area contributed by atoms with Gasteiger partial charge in [0.1, 0.15) is 4.47 Å². The molecule has 0 spiro atoms. The monoisotopic (exact) mass is 312 g/mol. The number of nitrogens with one attached hydrogen (secondary N) is 1. The van der Waals surface area contributed by atoms with Crippen LogP contribution in [0.15, 0.2) is 34.3 Å². The highest BCUT2D eigenvalue weighted by atomic mass is 79.9. The highest BCUT2D eigenvalue weighted by molar-refractivity contribution is 9.10. The summed E-state index contributed by atoms with van der Waals surface area (Å²) < 4.78 is 0.199. The molecule has 0 aliphatic rings. The Morgan fingerprint density at radius 1 is 1.50 bits per heavy atom. The minimum Gasteiger partial charge on any atom is -0.349 e. The van der Waals surface area contributed by atoms with Crippen molar-refractivity contribution in [2.75, 3.05) is 6.54 Å². The van der Waals surface area contributed by atoms with Crippen LogP contribution in [0.25, 0.3) is 0 Å². The zero-order valence-electron chi connectivity index (χ0n) is 10.1. The summed E-state index contributed by atoms with van der Waals surface area (Å²) in [6.45, 7) is 4.25. The molecule has 0 aromatic heterocycles. The van der Waals surface area contributed by atoms with E-state index in [0.717, 1.165) is 5.57 Å². The van der Waals surface area contributed by atoms with Crippen LogP contribution >= 0.6 is 15.9 Å². The number of carbonyl (C=O) groups is 1. The molecular formula is C12H13BrN2O3. The van der Waals surface area contributed by atoms with Crippen molar-refractivity contribution in [2.45, 2.75) is 13.8 Å². The Morgan fingerprint density at radius 2 is 2.17 bits per heavy atom. The summed E-state index contributed by atoms with van der Waals surface area (Å²) in [7, 11) is 0. The van der Waals surface area contributed by atoms with E-state index in [1.54, 1.807) is 0 Å². The Hall–Kier alpha value is -1.69. The molecule has 96 valence electrons. The molecule has 6 heteroatoms. The maximum atomic E-state index is 11.8. The van der Waals surface area contributed by atoms with Gasteiger partial charge in [0, 0.05) is 12.6 Å². The molecule has 0 fully saturated rings. The van der Waals surface area contributed by atoms with E-state index in [4.69, 9.17) is 0 Å². The smallest absolute Gasteiger partial charge is 0.284 e. The van der Waals surface area contributed by atoms with Crippen LogP contribution in [0.4, 0.5) is 5.69 Å². The summed E-state index contributed by atoms with van der Waals surface area (Å²) in [5.41, 5.74) is 1.23. The van der Waals surface area contributed by atoms with Crippen molar-refractivity contribution >= 4 is 27.5 Å². The van der Waals surface area contributed by atoms with Crippen molar-refractivity contribution in [1.29, 1.82) is 0 Å². The van der Waals surface area contributed by atoms with E-state index in [9.17, 15) is 14.9 Å². The quantitative estimate of drug-likeness (QED) is 0.527. The molecule has 0 unspecified atom stereocenters. The fourth-order valence-corrected chi connectivity index (χ4v) is 1.87. The number of hydrogen-bond acceptors (Lipinski definition) is 3. The molecule has 1 rings (SSSR count). The van der Waals surface area contributed by atoms with Gasteiger partial charge in [0.25, 0.3) is 11.6 Å². The van der Waals surface area contributed by atoms with E-state index in [0.29, 0.717) is 6.54 Å². The molecular weight excluding hydrogens is 300 g/mol. The van der Waals surface area contributed by atoms with Gasteiger partial charge in [0.05, 0.1) is 10.5 Å². The van der Waals surface area contributed by atoms with Crippen molar-refractivity contribution in [3.63, 3.8) is 0 Å². The number of nitro groups is 1. The third kappa shape index (κ3) is 3.66. The second-order valence-electron chi connectivity index (χ2n) is 3.89. The lowest BCUT2D eigenvalue weighted by Gasteiger charge is -2.05. The third-order valence-corrected chi connectivity index (χ3v) is 3.03. The Labute approximate surface area is 113 Å². The number of carbonyl (C=O) groups excluding carboxylic acids is 1. The van der Waals surface area contributed by atoms with Gasteiger partial charge in [-0.25, -0.2) is 0 Å². The second kappa shape index (κ2) is 6.30. The lowest BCUT2D eigenvalue weighted by molar-refractivity contribution is -0.385. The zero-order chi connectivity index (χ0) is 13.7. The van der Waals surface area contributed by atoms with Gasteiger partial charge in [-0.05, 0) is 35.8 Å². The molecule has 0 saturated heterocycles. The first-order valence-corrected chi connectivity index (χ1v) is 6.07. The van der Waals surface area contributed by atoms with E-state index in [2.05, 4.69) is 21.2 Å². The molecule has 1 amide bonds. The third-order valence-electron chi connectivity index (χ3n) is 2.19. The molecule has 0 bridgehead atoms. The fourth-order valence-electron chi connectivity index (χ4n) is 1.28. The number of nitro benzene ring substituents is 1. The van der Waals surface area contributed by atoms with Crippen molar-refractivity contribution < 1.29 is 9.72 Å². The molecule has 1 aromatic rings. The van der Waals surface area contributed by atoms with Crippen molar-refractivity contribution in [1.82, 2.24) is 5.32 Å². The van der Waals surface area contributed by atoms with E-state index in [1.165, 1.54) is 18.2 Å². The first-order valence-electron chi connectivity index (χ1n) is 5.28. The molecule has 0 saturated carbocycles. The van der Waals surface area contributed by atoms with E-state index >= 15 is 0 Å². The largest absolute Gasteiger partial charge is 0.349 e. The van der Waals surface area contributed by atoms with Gasteiger partial charge >= 0.3 is 0 Å². The Bertz CT molecular complexity index is 508. The average molecular weight is 313 g/mol. The SMILES string of the molecule is CC(C)=CCNC(=O)c1cccc([N+](=O)[O-])c1Br. The topological polar surface area (TPSA) is 72.2 Å². The van der Waals surface area contributed by atoms with Gasteiger partial charge in [-0.15, -0.1) is 0 Å². The maximum Gasteiger partial charge on any atom is 0.284 e. The van der Waals surface area contributed by atoms with Crippen molar-refractivity contribution in [3.8, 4) is 0 Å². The summed E-state index contributed by atoms with van der Waals surface area (Å²) in [5.74, 6) is -0.344. The number of allylic oxidation sites excluding steroid dienone is 1. The Balaban J connectivity index is 2.90. The lowest BCUT2D eigenvalue weighted by atomic mass is 10.2. The first kappa shape index (κ1) is 14.4. The Kier molecular flexibility index (Phi) is 5.03. The molecule has 0 radical (unpaired) electrons. The summed E-state index contributed by atoms with van der Waals surface area (Å²) >= 11 is 3.09. The van der Waals surface area contributed by atoms with Gasteiger partial charge in [-0.3, -0.25) is 14.9 Å². The van der Waals surface area contributed by atoms with Crippen LogP contribution < -0.4 is 5.32 Å². The van der Waals surface area contributed by atoms with E-state index < -0.39 is 4.92 Å². The fraction of sp³-hybridized carbons (Fsp3) is 0.250. The summed E-state index contributed by atoms with van der Waals surface area (Å²) in [5, 5.41) is 13.4. The van der Waals surface area contributed by atoms with E-state index in [-0.39, 0.29) is 21.6 Å². The predicted octanol–water partition coefficient (Wildman–Crippen LogP) is 3.05. The normalized spacial score (nSPS) is 9.72. The average Bonchev–Trinajstić information content (AvgIpc) is 2.28. The number of hydrogen-bond donors (Lipinski definition) is 1. The van der Waals surface area contributed by atoms with Gasteiger partial charge in [0.15, 0.2) is 0 Å². The van der Waals surface area contributed by atoms with Gasteiger partial charge < -0.3 is 5.32 Å². The standard InChI is InChI=1S/C12H13BrN2O3/c1-8(2)6-7-14-12(16)9-4-3-5-10(11(9)13)15(17)18/h3-6H,7H2,1-2H3,(H,14,16). The van der Waals surface area contributed by atoms with Gasteiger partial charge in [-0.1, -0.05) is 17.7 Å².